The molecule has 2 aromatic rings. The van der Waals surface area contributed by atoms with Crippen molar-refractivity contribution in [1.82, 2.24) is 4.98 Å². The smallest absolute Gasteiger partial charge is 0.425 e. The summed E-state index contributed by atoms with van der Waals surface area (Å²) in [6.07, 6.45) is -1.05. The minimum absolute atomic E-state index is 0.175. The van der Waals surface area contributed by atoms with Crippen molar-refractivity contribution >= 4 is 35.3 Å². The molecule has 0 spiro atoms. The van der Waals surface area contributed by atoms with Crippen LogP contribution in [0.2, 0.25) is 5.02 Å². The van der Waals surface area contributed by atoms with Gasteiger partial charge in [0.15, 0.2) is 23.1 Å². The second-order valence-electron chi connectivity index (χ2n) is 8.72. The fraction of sp³-hybridized carbons (Fsp3) is 0.381. The molecule has 0 atom stereocenters. The summed E-state index contributed by atoms with van der Waals surface area (Å²) in [5.41, 5.74) is -2.39. The Morgan fingerprint density at radius 2 is 1.58 bits per heavy atom. The fourth-order valence-electron chi connectivity index (χ4n) is 2.32. The second kappa shape index (κ2) is 9.57. The van der Waals surface area contributed by atoms with Crippen LogP contribution in [0.1, 0.15) is 41.5 Å². The molecule has 0 bridgehead atoms. The summed E-state index contributed by atoms with van der Waals surface area (Å²) < 4.78 is 30.3. The Bertz CT molecular complexity index is 1050. The zero-order chi connectivity index (χ0) is 25.1. The lowest BCUT2D eigenvalue weighted by Crippen LogP contribution is -2.44. The first-order valence-electron chi connectivity index (χ1n) is 9.61. The standard InChI is InChI=1S/C21H23ClFN3O7/c1-20(2,3)32-18(27)25(19(28)33-21(4,5)6)17-16(22)15(9-10-24-17)31-14-8-7-12(26(29)30)11-13(14)23/h7-11H,1-6H3. The second-order valence-corrected chi connectivity index (χ2v) is 9.09. The van der Waals surface area contributed by atoms with Crippen LogP contribution in [0.4, 0.5) is 25.5 Å². The number of nitrogens with zero attached hydrogens (tertiary/aromatic N) is 3. The monoisotopic (exact) mass is 483 g/mol. The van der Waals surface area contributed by atoms with Gasteiger partial charge in [-0.1, -0.05) is 11.6 Å². The van der Waals surface area contributed by atoms with Crippen molar-refractivity contribution in [2.24, 2.45) is 0 Å². The molecule has 0 radical (unpaired) electrons. The molecular formula is C21H23ClFN3O7. The number of aromatic nitrogens is 1. The lowest BCUT2D eigenvalue weighted by molar-refractivity contribution is -0.385. The summed E-state index contributed by atoms with van der Waals surface area (Å²) in [5.74, 6) is -1.94. The summed E-state index contributed by atoms with van der Waals surface area (Å²) in [4.78, 5) is 40.1. The average Bonchev–Trinajstić information content (AvgIpc) is 2.63. The first-order chi connectivity index (χ1) is 15.1. The number of anilines is 1. The van der Waals surface area contributed by atoms with E-state index in [9.17, 15) is 24.1 Å². The number of ether oxygens (including phenoxy) is 3. The Morgan fingerprint density at radius 1 is 1.03 bits per heavy atom. The molecule has 0 aliphatic heterocycles. The van der Waals surface area contributed by atoms with Gasteiger partial charge < -0.3 is 14.2 Å². The third-order valence-electron chi connectivity index (χ3n) is 3.55. The van der Waals surface area contributed by atoms with Crippen molar-refractivity contribution in [2.45, 2.75) is 52.7 Å². The predicted molar refractivity (Wildman–Crippen MR) is 117 cm³/mol. The minimum Gasteiger partial charge on any atom is -0.453 e. The summed E-state index contributed by atoms with van der Waals surface area (Å²) in [6, 6.07) is 4.03. The SMILES string of the molecule is CC(C)(C)OC(=O)N(C(=O)OC(C)(C)C)c1nccc(Oc2ccc([N+](=O)[O-])cc2F)c1Cl. The van der Waals surface area contributed by atoms with Crippen LogP contribution in [0.3, 0.4) is 0 Å². The highest BCUT2D eigenvalue weighted by Gasteiger charge is 2.35. The van der Waals surface area contributed by atoms with Crippen LogP contribution in [0, 0.1) is 15.9 Å². The molecular weight excluding hydrogens is 461 g/mol. The zero-order valence-corrected chi connectivity index (χ0v) is 19.6. The molecule has 0 aliphatic rings. The molecule has 1 aromatic heterocycles. The van der Waals surface area contributed by atoms with E-state index in [1.54, 1.807) is 41.5 Å². The Kier molecular flexibility index (Phi) is 7.48. The van der Waals surface area contributed by atoms with Crippen LogP contribution >= 0.6 is 11.6 Å². The van der Waals surface area contributed by atoms with Gasteiger partial charge in [0.25, 0.3) is 5.69 Å². The fourth-order valence-corrected chi connectivity index (χ4v) is 2.55. The quantitative estimate of drug-likeness (QED) is 0.369. The molecule has 33 heavy (non-hydrogen) atoms. The number of pyridine rings is 1. The van der Waals surface area contributed by atoms with Gasteiger partial charge in [-0.25, -0.2) is 19.0 Å². The lowest BCUT2D eigenvalue weighted by atomic mass is 10.2. The Hall–Kier alpha value is -3.47. The molecule has 2 rings (SSSR count). The highest BCUT2D eigenvalue weighted by Crippen LogP contribution is 2.37. The van der Waals surface area contributed by atoms with E-state index in [0.717, 1.165) is 12.1 Å². The van der Waals surface area contributed by atoms with Crippen LogP contribution in [0.5, 0.6) is 11.5 Å². The summed E-state index contributed by atoms with van der Waals surface area (Å²) in [6.45, 7) is 9.61. The van der Waals surface area contributed by atoms with Gasteiger partial charge in [-0.3, -0.25) is 10.1 Å². The van der Waals surface area contributed by atoms with Gasteiger partial charge in [0.1, 0.15) is 16.2 Å². The highest BCUT2D eigenvalue weighted by atomic mass is 35.5. The number of hydrogen-bond acceptors (Lipinski definition) is 8. The predicted octanol–water partition coefficient (Wildman–Crippen LogP) is 6.25. The molecule has 12 heteroatoms. The molecule has 1 aromatic carbocycles. The van der Waals surface area contributed by atoms with Crippen molar-refractivity contribution < 1.29 is 33.1 Å². The van der Waals surface area contributed by atoms with Gasteiger partial charge >= 0.3 is 12.2 Å². The van der Waals surface area contributed by atoms with Gasteiger partial charge in [-0.2, -0.15) is 4.90 Å². The summed E-state index contributed by atoms with van der Waals surface area (Å²) in [5, 5.41) is 10.5. The lowest BCUT2D eigenvalue weighted by Gasteiger charge is -2.28. The minimum atomic E-state index is -1.11. The highest BCUT2D eigenvalue weighted by molar-refractivity contribution is 6.35. The Morgan fingerprint density at radius 3 is 2.03 bits per heavy atom. The zero-order valence-electron chi connectivity index (χ0n) is 18.8. The van der Waals surface area contributed by atoms with E-state index in [1.165, 1.54) is 12.3 Å². The van der Waals surface area contributed by atoms with Gasteiger partial charge in [0.05, 0.1) is 11.0 Å². The molecule has 10 nitrogen and oxygen atoms in total. The largest absolute Gasteiger partial charge is 0.453 e. The van der Waals surface area contributed by atoms with Crippen LogP contribution in [0.25, 0.3) is 0 Å². The number of halogens is 2. The van der Waals surface area contributed by atoms with E-state index in [0.29, 0.717) is 11.0 Å². The molecule has 0 N–H and O–H groups in total. The third-order valence-corrected chi connectivity index (χ3v) is 3.90. The number of carbonyl (C=O) groups is 2. The van der Waals surface area contributed by atoms with E-state index >= 15 is 0 Å². The third kappa shape index (κ3) is 7.01. The van der Waals surface area contributed by atoms with Crippen LogP contribution in [-0.4, -0.2) is 33.3 Å². The number of non-ortho nitro benzene ring substituents is 1. The number of nitro groups is 1. The number of hydrogen-bond donors (Lipinski definition) is 0. The van der Waals surface area contributed by atoms with Crippen molar-refractivity contribution in [1.29, 1.82) is 0 Å². The van der Waals surface area contributed by atoms with Gasteiger partial charge in [-0.05, 0) is 47.6 Å². The molecule has 1 heterocycles. The summed E-state index contributed by atoms with van der Waals surface area (Å²) in [7, 11) is 0. The van der Waals surface area contributed by atoms with E-state index in [2.05, 4.69) is 4.98 Å². The van der Waals surface area contributed by atoms with E-state index in [-0.39, 0.29) is 22.3 Å². The molecule has 0 aliphatic carbocycles. The van der Waals surface area contributed by atoms with Gasteiger partial charge in [-0.15, -0.1) is 0 Å². The molecule has 0 saturated carbocycles. The number of imide groups is 1. The molecule has 0 unspecified atom stereocenters. The van der Waals surface area contributed by atoms with Crippen LogP contribution in [-0.2, 0) is 9.47 Å². The number of benzene rings is 1. The first kappa shape index (κ1) is 25.8. The maximum absolute atomic E-state index is 14.3. The molecule has 2 amide bonds. The normalized spacial score (nSPS) is 11.5. The number of nitro benzene ring substituents is 1. The maximum atomic E-state index is 14.3. The number of amides is 2. The van der Waals surface area contributed by atoms with Crippen molar-refractivity contribution in [3.8, 4) is 11.5 Å². The topological polar surface area (TPSA) is 121 Å². The van der Waals surface area contributed by atoms with E-state index in [4.69, 9.17) is 25.8 Å². The van der Waals surface area contributed by atoms with Gasteiger partial charge in [0, 0.05) is 18.3 Å². The molecule has 178 valence electrons. The van der Waals surface area contributed by atoms with Crippen LogP contribution < -0.4 is 9.64 Å². The first-order valence-corrected chi connectivity index (χ1v) is 9.99. The summed E-state index contributed by atoms with van der Waals surface area (Å²) >= 11 is 6.34. The molecule has 0 fully saturated rings. The molecule has 0 saturated heterocycles. The average molecular weight is 484 g/mol. The Labute approximate surface area is 194 Å². The number of carbonyl (C=O) groups excluding carboxylic acids is 2. The van der Waals surface area contributed by atoms with E-state index in [1.807, 2.05) is 0 Å². The Balaban J connectivity index is 2.49. The van der Waals surface area contributed by atoms with Crippen molar-refractivity contribution in [3.05, 3.63) is 51.4 Å². The van der Waals surface area contributed by atoms with Crippen LogP contribution in [0.15, 0.2) is 30.5 Å². The number of rotatable bonds is 4. The van der Waals surface area contributed by atoms with E-state index < -0.39 is 39.8 Å². The maximum Gasteiger partial charge on any atom is 0.425 e. The van der Waals surface area contributed by atoms with Gasteiger partial charge in [0.2, 0.25) is 0 Å². The van der Waals surface area contributed by atoms with Crippen molar-refractivity contribution in [2.75, 3.05) is 4.90 Å². The van der Waals surface area contributed by atoms with Crippen molar-refractivity contribution in [3.63, 3.8) is 0 Å².